The maximum absolute atomic E-state index is 13.7. The molecule has 0 spiro atoms. The third-order valence-corrected chi connectivity index (χ3v) is 7.20. The highest BCUT2D eigenvalue weighted by molar-refractivity contribution is 6.24. The molecule has 1 aromatic rings. The molecule has 0 aliphatic heterocycles. The third-order valence-electron chi connectivity index (χ3n) is 7.20. The van der Waals surface area contributed by atoms with Gasteiger partial charge in [-0.05, 0) is 33.0 Å². The van der Waals surface area contributed by atoms with Gasteiger partial charge < -0.3 is 26.2 Å². The molecule has 0 saturated heterocycles. The van der Waals surface area contributed by atoms with Crippen molar-refractivity contribution in [3.05, 3.63) is 51.8 Å². The molecule has 6 N–H and O–H groups in total. The predicted molar refractivity (Wildman–Crippen MR) is 114 cm³/mol. The summed E-state index contributed by atoms with van der Waals surface area (Å²) in [5.74, 6) is -7.49. The van der Waals surface area contributed by atoms with Gasteiger partial charge in [0.15, 0.2) is 17.7 Å². The number of likely N-dealkylation sites (N-methyl/N-ethyl adjacent to an activating group) is 1. The van der Waals surface area contributed by atoms with E-state index in [-0.39, 0.29) is 23.1 Å². The summed E-state index contributed by atoms with van der Waals surface area (Å²) in [6.07, 6.45) is 0.255. The molecule has 3 aliphatic carbocycles. The zero-order valence-electron chi connectivity index (χ0n) is 18.2. The number of Topliss-reactive ketones (excluding diaryl/α,β-unsaturated/α-hetero) is 2. The Hall–Kier alpha value is -3.34. The van der Waals surface area contributed by atoms with Crippen LogP contribution in [0.2, 0.25) is 0 Å². The molecule has 1 fully saturated rings. The van der Waals surface area contributed by atoms with E-state index in [9.17, 15) is 39.6 Å². The number of amides is 1. The van der Waals surface area contributed by atoms with Gasteiger partial charge in [-0.15, -0.1) is 0 Å². The summed E-state index contributed by atoms with van der Waals surface area (Å²) >= 11 is 0. The van der Waals surface area contributed by atoms with Crippen molar-refractivity contribution in [1.29, 1.82) is 0 Å². The van der Waals surface area contributed by atoms with Gasteiger partial charge in [0.1, 0.15) is 17.1 Å². The van der Waals surface area contributed by atoms with Crippen molar-refractivity contribution in [3.63, 3.8) is 0 Å². The van der Waals surface area contributed by atoms with Crippen LogP contribution in [-0.4, -0.2) is 74.8 Å². The van der Waals surface area contributed by atoms with Crippen LogP contribution in [0.4, 0.5) is 0 Å². The van der Waals surface area contributed by atoms with Crippen molar-refractivity contribution in [2.45, 2.75) is 30.6 Å². The summed E-state index contributed by atoms with van der Waals surface area (Å²) in [6, 6.07) is 3.21. The normalized spacial score (nSPS) is 33.6. The number of nitrogens with zero attached hydrogens (tertiary/aromatic N) is 1. The average molecular weight is 456 g/mol. The number of aliphatic hydroxyl groups excluding tert-OH is 2. The number of fused-ring (bicyclic) bond motifs is 3. The number of hydrogen-bond donors (Lipinski definition) is 5. The molecule has 0 heterocycles. The maximum Gasteiger partial charge on any atom is 0.255 e. The second-order valence-corrected chi connectivity index (χ2v) is 9.15. The molecule has 1 amide bonds. The minimum Gasteiger partial charge on any atom is -0.508 e. The molecular weight excluding hydrogens is 432 g/mol. The Balaban J connectivity index is 2.06. The highest BCUT2D eigenvalue weighted by atomic mass is 16.3. The number of benzene rings is 1. The van der Waals surface area contributed by atoms with E-state index in [0.717, 1.165) is 0 Å². The monoisotopic (exact) mass is 456 g/mol. The first kappa shape index (κ1) is 22.8. The van der Waals surface area contributed by atoms with Crippen LogP contribution in [0, 0.1) is 11.8 Å². The minimum atomic E-state index is -2.75. The Bertz CT molecular complexity index is 1190. The lowest BCUT2D eigenvalue weighted by Crippen LogP contribution is -2.67. The number of rotatable bonds is 3. The lowest BCUT2D eigenvalue weighted by molar-refractivity contribution is -0.159. The Morgan fingerprint density at radius 3 is 2.39 bits per heavy atom. The minimum absolute atomic E-state index is 0.0146. The molecule has 5 atom stereocenters. The van der Waals surface area contributed by atoms with Crippen LogP contribution in [0.1, 0.15) is 34.8 Å². The van der Waals surface area contributed by atoms with Crippen LogP contribution in [0.5, 0.6) is 0 Å². The van der Waals surface area contributed by atoms with Crippen molar-refractivity contribution in [2.24, 2.45) is 17.6 Å². The summed E-state index contributed by atoms with van der Waals surface area (Å²) in [6.45, 7) is 1.41. The molecule has 1 saturated carbocycles. The van der Waals surface area contributed by atoms with Crippen LogP contribution in [0.15, 0.2) is 35.1 Å². The number of nitrogens with two attached hydrogens (primary N) is 1. The Labute approximate surface area is 188 Å². The van der Waals surface area contributed by atoms with Gasteiger partial charge in [-0.25, -0.2) is 0 Å². The van der Waals surface area contributed by atoms with Gasteiger partial charge in [-0.3, -0.25) is 24.1 Å². The fourth-order valence-corrected chi connectivity index (χ4v) is 5.65. The van der Waals surface area contributed by atoms with Gasteiger partial charge in [0.2, 0.25) is 5.78 Å². The van der Waals surface area contributed by atoms with Crippen molar-refractivity contribution in [1.82, 2.24) is 4.90 Å². The number of aliphatic hydroxyl groups is 4. The summed E-state index contributed by atoms with van der Waals surface area (Å²) < 4.78 is 0. The topological polar surface area (TPSA) is 178 Å². The van der Waals surface area contributed by atoms with Crippen molar-refractivity contribution < 1.29 is 39.6 Å². The highest BCUT2D eigenvalue weighted by Gasteiger charge is 2.66. The molecule has 174 valence electrons. The molecule has 1 aromatic carbocycles. The third kappa shape index (κ3) is 2.71. The quantitative estimate of drug-likeness (QED) is 0.302. The fraction of sp³-hybridized carbons (Fsp3) is 0.391. The maximum atomic E-state index is 13.7. The van der Waals surface area contributed by atoms with Crippen molar-refractivity contribution in [3.8, 4) is 0 Å². The molecule has 0 bridgehead atoms. The van der Waals surface area contributed by atoms with E-state index in [4.69, 9.17) is 5.73 Å². The van der Waals surface area contributed by atoms with E-state index in [0.29, 0.717) is 6.29 Å². The standard InChI is InChI=1S/C23H24N2O8/c1-22(32)10-6-4-5-9(8-26)13(10)17(27)14-11(22)7-12-16(25(2)3)18(28)15(21(24)31)20(30)23(12,33)19(14)29/h4-6,8,11-12,16,27,30,32-33H,7H2,1-3H3,(H2,24,31)/t11-,12-,16-,22+,23-/m0/s1. The van der Waals surface area contributed by atoms with Crippen molar-refractivity contribution in [2.75, 3.05) is 14.1 Å². The first-order chi connectivity index (χ1) is 15.3. The van der Waals surface area contributed by atoms with Gasteiger partial charge in [0.05, 0.1) is 11.6 Å². The number of primary amides is 1. The largest absolute Gasteiger partial charge is 0.508 e. The van der Waals surface area contributed by atoms with Gasteiger partial charge in [0, 0.05) is 28.5 Å². The number of hydrogen-bond acceptors (Lipinski definition) is 9. The van der Waals surface area contributed by atoms with Crippen LogP contribution >= 0.6 is 0 Å². The van der Waals surface area contributed by atoms with Gasteiger partial charge in [0.25, 0.3) is 5.91 Å². The number of carbonyl (C=O) groups is 4. The van der Waals surface area contributed by atoms with E-state index >= 15 is 0 Å². The SMILES string of the molecule is CN(C)[C@@H]1C(=O)C(C(N)=O)=C(O)[C@@]2(O)C(=O)C3=C(O)c4c(C=O)cccc4[C@@](C)(O)[C@H]3C[C@@H]12. The van der Waals surface area contributed by atoms with Gasteiger partial charge in [-0.2, -0.15) is 0 Å². The molecular formula is C23H24N2O8. The first-order valence-corrected chi connectivity index (χ1v) is 10.3. The lowest BCUT2D eigenvalue weighted by Gasteiger charge is -2.53. The Morgan fingerprint density at radius 1 is 1.21 bits per heavy atom. The fourth-order valence-electron chi connectivity index (χ4n) is 5.65. The number of aldehydes is 1. The lowest BCUT2D eigenvalue weighted by atomic mass is 9.54. The summed E-state index contributed by atoms with van der Waals surface area (Å²) in [7, 11) is 3.00. The second-order valence-electron chi connectivity index (χ2n) is 9.15. The van der Waals surface area contributed by atoms with E-state index in [1.807, 2.05) is 0 Å². The zero-order valence-corrected chi connectivity index (χ0v) is 18.2. The molecule has 10 heteroatoms. The smallest absolute Gasteiger partial charge is 0.255 e. The number of ketones is 2. The van der Waals surface area contributed by atoms with E-state index in [2.05, 4.69) is 0 Å². The Morgan fingerprint density at radius 2 is 1.85 bits per heavy atom. The van der Waals surface area contributed by atoms with Crippen LogP contribution < -0.4 is 5.73 Å². The highest BCUT2D eigenvalue weighted by Crippen LogP contribution is 2.56. The van der Waals surface area contributed by atoms with Gasteiger partial charge >= 0.3 is 0 Å². The summed E-state index contributed by atoms with van der Waals surface area (Å²) in [5.41, 5.74) is -0.373. The molecule has 0 aromatic heterocycles. The summed E-state index contributed by atoms with van der Waals surface area (Å²) in [4.78, 5) is 51.7. The number of carbonyl (C=O) groups excluding carboxylic acids is 4. The van der Waals surface area contributed by atoms with E-state index < -0.39 is 69.2 Å². The van der Waals surface area contributed by atoms with E-state index in [1.54, 1.807) is 0 Å². The molecule has 3 aliphatic rings. The van der Waals surface area contributed by atoms with Gasteiger partial charge in [-0.1, -0.05) is 18.2 Å². The average Bonchev–Trinajstić information content (AvgIpc) is 2.73. The molecule has 4 rings (SSSR count). The summed E-state index contributed by atoms with van der Waals surface area (Å²) in [5, 5.41) is 44.9. The molecule has 10 nitrogen and oxygen atoms in total. The zero-order chi connectivity index (χ0) is 24.6. The van der Waals surface area contributed by atoms with Crippen LogP contribution in [0.25, 0.3) is 5.76 Å². The Kier molecular flexibility index (Phi) is 4.90. The first-order valence-electron chi connectivity index (χ1n) is 10.3. The van der Waals surface area contributed by atoms with E-state index in [1.165, 1.54) is 44.1 Å². The van der Waals surface area contributed by atoms with Crippen LogP contribution in [-0.2, 0) is 20.0 Å². The van der Waals surface area contributed by atoms with Crippen LogP contribution in [0.3, 0.4) is 0 Å². The molecule has 0 unspecified atom stereocenters. The molecule has 33 heavy (non-hydrogen) atoms. The predicted octanol–water partition coefficient (Wildman–Crippen LogP) is -0.264. The second kappa shape index (κ2) is 7.08. The molecule has 0 radical (unpaired) electrons. The van der Waals surface area contributed by atoms with Crippen molar-refractivity contribution >= 4 is 29.5 Å².